The summed E-state index contributed by atoms with van der Waals surface area (Å²) in [7, 11) is 1.00. The third-order valence-corrected chi connectivity index (χ3v) is 9.17. The molecule has 0 heterocycles. The van der Waals surface area contributed by atoms with Crippen molar-refractivity contribution in [1.29, 1.82) is 0 Å². The third kappa shape index (κ3) is 48.3. The fourth-order valence-corrected chi connectivity index (χ4v) is 5.75. The minimum atomic E-state index is -0.521. The van der Waals surface area contributed by atoms with Gasteiger partial charge in [0.2, 0.25) is 5.91 Å². The molecule has 312 valence electrons. The highest BCUT2D eigenvalue weighted by Crippen LogP contribution is 2.15. The number of nitrogens with one attached hydrogen (secondary N) is 1. The highest BCUT2D eigenvalue weighted by atomic mass is 16.6. The molecule has 0 bridgehead atoms. The summed E-state index contributed by atoms with van der Waals surface area (Å²) in [4.78, 5) is 36.5. The Balaban J connectivity index is -0.00000313. The molecule has 0 aliphatic heterocycles. The Morgan fingerprint density at radius 2 is 0.865 bits per heavy atom. The molecule has 0 rings (SSSR count). The predicted octanol–water partition coefficient (Wildman–Crippen LogP) is 11.6. The van der Waals surface area contributed by atoms with Crippen LogP contribution in [0.5, 0.6) is 0 Å². The van der Waals surface area contributed by atoms with Crippen molar-refractivity contribution in [1.82, 2.24) is 5.32 Å². The molecule has 0 aliphatic rings. The maximum absolute atomic E-state index is 12.5. The Kier molecular flexibility index (Phi) is 49.8. The van der Waals surface area contributed by atoms with Crippen molar-refractivity contribution in [2.45, 2.75) is 233 Å². The molecular formula is C44H89NO7. The molecule has 8 nitrogen and oxygen atoms in total. The topological polar surface area (TPSA) is 122 Å². The quantitative estimate of drug-likeness (QED) is 0.0431. The maximum Gasteiger partial charge on any atom is 0.306 e. The van der Waals surface area contributed by atoms with E-state index in [9.17, 15) is 14.4 Å². The summed E-state index contributed by atoms with van der Waals surface area (Å²) >= 11 is 0. The molecule has 1 atom stereocenters. The van der Waals surface area contributed by atoms with Gasteiger partial charge in [-0.2, -0.15) is 0 Å². The molecule has 0 spiro atoms. The van der Waals surface area contributed by atoms with E-state index in [4.69, 9.17) is 19.7 Å². The number of hydrogen-bond acceptors (Lipinski definition) is 7. The lowest BCUT2D eigenvalue weighted by atomic mass is 10.0. The van der Waals surface area contributed by atoms with Gasteiger partial charge in [-0.1, -0.05) is 189 Å². The molecule has 8 heteroatoms. The Bertz CT molecular complexity index is 731. The average molecular weight is 744 g/mol. The predicted molar refractivity (Wildman–Crippen MR) is 219 cm³/mol. The number of aliphatic hydroxyl groups excluding tert-OH is 2. The Labute approximate surface area is 322 Å². The number of esters is 2. The lowest BCUT2D eigenvalue weighted by Gasteiger charge is -2.18. The molecule has 1 unspecified atom stereocenters. The van der Waals surface area contributed by atoms with Crippen LogP contribution in [0.4, 0.5) is 0 Å². The molecule has 1 amide bonds. The van der Waals surface area contributed by atoms with Crippen LogP contribution >= 0.6 is 0 Å². The van der Waals surface area contributed by atoms with Crippen LogP contribution in [0.15, 0.2) is 0 Å². The Hall–Kier alpha value is -1.67. The smallest absolute Gasteiger partial charge is 0.306 e. The number of amides is 1. The lowest BCUT2D eigenvalue weighted by molar-refractivity contribution is -0.159. The van der Waals surface area contributed by atoms with E-state index < -0.39 is 6.10 Å². The van der Waals surface area contributed by atoms with Crippen LogP contribution in [0.1, 0.15) is 227 Å². The van der Waals surface area contributed by atoms with Crippen molar-refractivity contribution in [3.8, 4) is 0 Å². The summed E-state index contributed by atoms with van der Waals surface area (Å²) in [6.07, 6.45) is 34.1. The number of carbonyl (C=O) groups is 3. The first-order valence-electron chi connectivity index (χ1n) is 22.0. The van der Waals surface area contributed by atoms with E-state index in [0.29, 0.717) is 44.8 Å². The zero-order valence-corrected chi connectivity index (χ0v) is 35.4. The zero-order valence-electron chi connectivity index (χ0n) is 35.4. The Morgan fingerprint density at radius 3 is 1.19 bits per heavy atom. The van der Waals surface area contributed by atoms with Crippen molar-refractivity contribution in [2.24, 2.45) is 5.92 Å². The molecule has 52 heavy (non-hydrogen) atoms. The summed E-state index contributed by atoms with van der Waals surface area (Å²) in [5.41, 5.74) is 0. The van der Waals surface area contributed by atoms with Gasteiger partial charge in [0, 0.05) is 45.9 Å². The molecule has 0 radical (unpaired) electrons. The van der Waals surface area contributed by atoms with Crippen LogP contribution < -0.4 is 5.32 Å². The van der Waals surface area contributed by atoms with Crippen molar-refractivity contribution in [3.05, 3.63) is 0 Å². The lowest BCUT2D eigenvalue weighted by Crippen LogP contribution is -2.31. The first-order chi connectivity index (χ1) is 25.3. The largest absolute Gasteiger partial charge is 0.462 e. The average Bonchev–Trinajstić information content (AvgIpc) is 3.15. The van der Waals surface area contributed by atoms with Crippen LogP contribution in [-0.2, 0) is 23.9 Å². The number of hydrogen-bond donors (Lipinski definition) is 3. The van der Waals surface area contributed by atoms with Gasteiger partial charge in [0.05, 0.1) is 0 Å². The van der Waals surface area contributed by atoms with Crippen molar-refractivity contribution < 1.29 is 34.1 Å². The summed E-state index contributed by atoms with van der Waals surface area (Å²) in [6, 6.07) is 0. The molecule has 3 N–H and O–H groups in total. The summed E-state index contributed by atoms with van der Waals surface area (Å²) in [5, 5.41) is 18.0. The normalized spacial score (nSPS) is 11.2. The fourth-order valence-electron chi connectivity index (χ4n) is 5.75. The maximum atomic E-state index is 12.5. The summed E-state index contributed by atoms with van der Waals surface area (Å²) in [6.45, 7) is 11.0. The highest BCUT2D eigenvalue weighted by Gasteiger charge is 2.17. The molecule has 0 aliphatic carbocycles. The third-order valence-electron chi connectivity index (χ3n) is 9.17. The van der Waals surface area contributed by atoms with E-state index in [1.165, 1.54) is 135 Å². The number of unbranched alkanes of at least 4 members (excludes halogenated alkanes) is 24. The van der Waals surface area contributed by atoms with E-state index in [2.05, 4.69) is 19.2 Å². The standard InChI is InChI=1S/C39H75NO5.C4H10O.CH4O/c1-4-7-9-11-13-15-17-19-21-23-25-27-29-31-38(42)44-35-36(33-34-40-37(41)6-3)45-39(43)32-30-28-26-24-22-20-18-16-14-12-10-8-5-2;1-4(2)3-5;1-2/h36H,4-35H2,1-3H3,(H,40,41);4-5H,3H2,1-2H3;2H,1H3. The van der Waals surface area contributed by atoms with Gasteiger partial charge in [-0.05, 0) is 18.8 Å². The van der Waals surface area contributed by atoms with Gasteiger partial charge in [-0.15, -0.1) is 0 Å². The molecule has 0 saturated heterocycles. The van der Waals surface area contributed by atoms with Crippen molar-refractivity contribution >= 4 is 17.8 Å². The summed E-state index contributed by atoms with van der Waals surface area (Å²) < 4.78 is 11.2. The molecule has 0 aromatic carbocycles. The van der Waals surface area contributed by atoms with E-state index >= 15 is 0 Å². The van der Waals surface area contributed by atoms with Crippen LogP contribution in [0, 0.1) is 5.92 Å². The monoisotopic (exact) mass is 744 g/mol. The van der Waals surface area contributed by atoms with Gasteiger partial charge in [0.25, 0.3) is 0 Å². The molecule has 0 aromatic rings. The number of carbonyl (C=O) groups excluding carboxylic acids is 3. The van der Waals surface area contributed by atoms with Gasteiger partial charge in [0.1, 0.15) is 12.7 Å². The SMILES string of the molecule is CC(C)CO.CCCCCCCCCCCCCCCC(=O)OCC(CCNC(=O)CC)OC(=O)CCCCCCCCCCCCCCC.CO. The number of rotatable bonds is 36. The zero-order chi connectivity index (χ0) is 39.3. The van der Waals surface area contributed by atoms with Crippen LogP contribution in [-0.4, -0.2) is 61.0 Å². The van der Waals surface area contributed by atoms with Gasteiger partial charge < -0.3 is 25.0 Å². The number of ether oxygens (including phenoxy) is 2. The first kappa shape index (κ1) is 54.7. The second-order valence-electron chi connectivity index (χ2n) is 14.8. The van der Waals surface area contributed by atoms with E-state index in [1.54, 1.807) is 6.92 Å². The van der Waals surface area contributed by atoms with Crippen LogP contribution in [0.2, 0.25) is 0 Å². The Morgan fingerprint density at radius 1 is 0.538 bits per heavy atom. The second kappa shape index (κ2) is 47.4. The van der Waals surface area contributed by atoms with E-state index in [1.807, 2.05) is 13.8 Å². The van der Waals surface area contributed by atoms with Gasteiger partial charge in [0.15, 0.2) is 0 Å². The molecule has 0 saturated carbocycles. The van der Waals surface area contributed by atoms with Crippen LogP contribution in [0.3, 0.4) is 0 Å². The van der Waals surface area contributed by atoms with Crippen molar-refractivity contribution in [2.75, 3.05) is 26.9 Å². The first-order valence-corrected chi connectivity index (χ1v) is 22.0. The van der Waals surface area contributed by atoms with Crippen LogP contribution in [0.25, 0.3) is 0 Å². The second-order valence-corrected chi connectivity index (χ2v) is 14.8. The van der Waals surface area contributed by atoms with Crippen molar-refractivity contribution in [3.63, 3.8) is 0 Å². The fraction of sp³-hybridized carbons (Fsp3) is 0.932. The van der Waals surface area contributed by atoms with Gasteiger partial charge in [-0.25, -0.2) is 0 Å². The summed E-state index contributed by atoms with van der Waals surface area (Å²) in [5.74, 6) is -0.0629. The highest BCUT2D eigenvalue weighted by molar-refractivity contribution is 5.75. The van der Waals surface area contributed by atoms with E-state index in [0.717, 1.165) is 39.2 Å². The van der Waals surface area contributed by atoms with E-state index in [-0.39, 0.29) is 24.5 Å². The molecular weight excluding hydrogens is 654 g/mol. The van der Waals surface area contributed by atoms with Gasteiger partial charge in [-0.3, -0.25) is 14.4 Å². The van der Waals surface area contributed by atoms with Gasteiger partial charge >= 0.3 is 11.9 Å². The number of aliphatic hydroxyl groups is 2. The molecule has 0 fully saturated rings. The molecule has 0 aromatic heterocycles. The minimum absolute atomic E-state index is 0.0357. The minimum Gasteiger partial charge on any atom is -0.462 e.